The van der Waals surface area contributed by atoms with E-state index in [0.29, 0.717) is 5.69 Å². The molecule has 0 atom stereocenters. The number of nitrogen functional groups attached to an aromatic ring is 1. The molecule has 0 aliphatic carbocycles. The number of aromatic nitrogens is 1. The van der Waals surface area contributed by atoms with Gasteiger partial charge in [-0.2, -0.15) is 13.2 Å². The van der Waals surface area contributed by atoms with Gasteiger partial charge in [0.1, 0.15) is 5.82 Å². The second kappa shape index (κ2) is 4.97. The Labute approximate surface area is 112 Å². The lowest BCUT2D eigenvalue weighted by molar-refractivity contribution is -0.137. The zero-order chi connectivity index (χ0) is 14.0. The average molecular weight is 288 g/mol. The Morgan fingerprint density at radius 2 is 1.95 bits per heavy atom. The van der Waals surface area contributed by atoms with E-state index in [2.05, 4.69) is 10.3 Å². The van der Waals surface area contributed by atoms with Crippen molar-refractivity contribution < 1.29 is 13.2 Å². The third kappa shape index (κ3) is 3.29. The summed E-state index contributed by atoms with van der Waals surface area (Å²) in [5, 5.41) is 2.95. The molecule has 0 amide bonds. The van der Waals surface area contributed by atoms with E-state index in [1.54, 1.807) is 0 Å². The number of hydrogen-bond acceptors (Lipinski definition) is 3. The van der Waals surface area contributed by atoms with E-state index >= 15 is 0 Å². The van der Waals surface area contributed by atoms with Crippen LogP contribution in [-0.4, -0.2) is 4.98 Å². The van der Waals surface area contributed by atoms with Gasteiger partial charge in [-0.3, -0.25) is 0 Å². The quantitative estimate of drug-likeness (QED) is 0.875. The van der Waals surface area contributed by atoms with Crippen molar-refractivity contribution in [3.05, 3.63) is 47.1 Å². The van der Waals surface area contributed by atoms with Gasteiger partial charge in [0.2, 0.25) is 0 Å². The molecule has 1 heterocycles. The Bertz CT molecular complexity index is 599. The maximum atomic E-state index is 12.6. The first-order chi connectivity index (χ1) is 8.86. The maximum Gasteiger partial charge on any atom is 0.416 e. The molecule has 1 aromatic carbocycles. The number of nitrogens with one attached hydrogen (secondary N) is 1. The molecule has 19 heavy (non-hydrogen) atoms. The molecule has 2 aromatic rings. The standard InChI is InChI=1S/C12H9ClF3N3/c13-10-5-8(17)6-18-11(10)19-9-3-1-2-7(4-9)12(14,15)16/h1-6H,17H2,(H,18,19). The van der Waals surface area contributed by atoms with Gasteiger partial charge in [0.25, 0.3) is 0 Å². The largest absolute Gasteiger partial charge is 0.416 e. The lowest BCUT2D eigenvalue weighted by atomic mass is 10.2. The first-order valence-electron chi connectivity index (χ1n) is 5.21. The van der Waals surface area contributed by atoms with Crippen LogP contribution < -0.4 is 11.1 Å². The summed E-state index contributed by atoms with van der Waals surface area (Å²) in [7, 11) is 0. The van der Waals surface area contributed by atoms with E-state index in [0.717, 1.165) is 12.1 Å². The van der Waals surface area contributed by atoms with E-state index in [1.807, 2.05) is 0 Å². The van der Waals surface area contributed by atoms with Gasteiger partial charge in [-0.1, -0.05) is 17.7 Å². The predicted molar refractivity (Wildman–Crippen MR) is 68.4 cm³/mol. The van der Waals surface area contributed by atoms with Crippen molar-refractivity contribution in [1.82, 2.24) is 4.98 Å². The molecule has 7 heteroatoms. The zero-order valence-electron chi connectivity index (χ0n) is 9.50. The van der Waals surface area contributed by atoms with Crippen LogP contribution in [0.2, 0.25) is 5.02 Å². The van der Waals surface area contributed by atoms with Gasteiger partial charge in [-0.25, -0.2) is 4.98 Å². The third-order valence-electron chi connectivity index (χ3n) is 2.31. The number of anilines is 3. The second-order valence-electron chi connectivity index (χ2n) is 3.80. The second-order valence-corrected chi connectivity index (χ2v) is 4.21. The summed E-state index contributed by atoms with van der Waals surface area (Å²) in [6.07, 6.45) is -3.03. The minimum atomic E-state index is -4.39. The van der Waals surface area contributed by atoms with Crippen molar-refractivity contribution in [3.8, 4) is 0 Å². The average Bonchev–Trinajstić information content (AvgIpc) is 2.32. The summed E-state index contributed by atoms with van der Waals surface area (Å²) in [6.45, 7) is 0. The molecule has 3 N–H and O–H groups in total. The molecular formula is C12H9ClF3N3. The van der Waals surface area contributed by atoms with Gasteiger partial charge in [0.15, 0.2) is 0 Å². The van der Waals surface area contributed by atoms with Gasteiger partial charge in [-0.05, 0) is 24.3 Å². The normalized spacial score (nSPS) is 11.4. The summed E-state index contributed by atoms with van der Waals surface area (Å²) in [5.41, 5.74) is 5.35. The van der Waals surface area contributed by atoms with E-state index in [4.69, 9.17) is 17.3 Å². The predicted octanol–water partition coefficient (Wildman–Crippen LogP) is 4.08. The summed E-state index contributed by atoms with van der Waals surface area (Å²) in [5.74, 6) is 0.246. The maximum absolute atomic E-state index is 12.6. The molecule has 1 aromatic heterocycles. The summed E-state index contributed by atoms with van der Waals surface area (Å²) < 4.78 is 37.7. The van der Waals surface area contributed by atoms with Crippen molar-refractivity contribution in [3.63, 3.8) is 0 Å². The van der Waals surface area contributed by atoms with Crippen LogP contribution in [0.1, 0.15) is 5.56 Å². The molecule has 0 unspecified atom stereocenters. The number of hydrogen-bond donors (Lipinski definition) is 2. The molecule has 3 nitrogen and oxygen atoms in total. The first kappa shape index (κ1) is 13.5. The number of benzene rings is 1. The molecule has 0 saturated carbocycles. The van der Waals surface area contributed by atoms with Crippen molar-refractivity contribution in [2.24, 2.45) is 0 Å². The smallest absolute Gasteiger partial charge is 0.397 e. The minimum absolute atomic E-state index is 0.234. The van der Waals surface area contributed by atoms with Crippen LogP contribution in [0.15, 0.2) is 36.5 Å². The van der Waals surface area contributed by atoms with Gasteiger partial charge in [0.05, 0.1) is 22.5 Å². The lowest BCUT2D eigenvalue weighted by Gasteiger charge is -2.11. The van der Waals surface area contributed by atoms with Crippen molar-refractivity contribution in [1.29, 1.82) is 0 Å². The van der Waals surface area contributed by atoms with E-state index < -0.39 is 11.7 Å². The highest BCUT2D eigenvalue weighted by molar-refractivity contribution is 6.33. The molecule has 0 fully saturated rings. The number of rotatable bonds is 2. The Morgan fingerprint density at radius 3 is 2.58 bits per heavy atom. The topological polar surface area (TPSA) is 50.9 Å². The number of nitrogens with zero attached hydrogens (tertiary/aromatic N) is 1. The number of pyridine rings is 1. The third-order valence-corrected chi connectivity index (χ3v) is 2.60. The van der Waals surface area contributed by atoms with Crippen LogP contribution in [0.3, 0.4) is 0 Å². The Hall–Kier alpha value is -1.95. The van der Waals surface area contributed by atoms with Gasteiger partial charge < -0.3 is 11.1 Å². The molecule has 0 saturated heterocycles. The van der Waals surface area contributed by atoms with E-state index in [-0.39, 0.29) is 16.5 Å². The van der Waals surface area contributed by atoms with Crippen molar-refractivity contribution in [2.45, 2.75) is 6.18 Å². The fourth-order valence-corrected chi connectivity index (χ4v) is 1.68. The van der Waals surface area contributed by atoms with Crippen LogP contribution in [0, 0.1) is 0 Å². The van der Waals surface area contributed by atoms with Crippen LogP contribution in [0.4, 0.5) is 30.4 Å². The number of nitrogens with two attached hydrogens (primary N) is 1. The van der Waals surface area contributed by atoms with Crippen LogP contribution >= 0.6 is 11.6 Å². The molecule has 0 aliphatic heterocycles. The van der Waals surface area contributed by atoms with Gasteiger partial charge in [0, 0.05) is 5.69 Å². The van der Waals surface area contributed by atoms with Crippen molar-refractivity contribution >= 4 is 28.8 Å². The molecule has 0 spiro atoms. The SMILES string of the molecule is Nc1cnc(Nc2cccc(C(F)(F)F)c2)c(Cl)c1. The van der Waals surface area contributed by atoms with Crippen molar-refractivity contribution in [2.75, 3.05) is 11.1 Å². The highest BCUT2D eigenvalue weighted by Gasteiger charge is 2.30. The van der Waals surface area contributed by atoms with Gasteiger partial charge >= 0.3 is 6.18 Å². The molecule has 0 bridgehead atoms. The summed E-state index contributed by atoms with van der Waals surface area (Å²) >= 11 is 5.88. The van der Waals surface area contributed by atoms with Crippen LogP contribution in [0.25, 0.3) is 0 Å². The Kier molecular flexibility index (Phi) is 3.53. The minimum Gasteiger partial charge on any atom is -0.397 e. The Morgan fingerprint density at radius 1 is 1.21 bits per heavy atom. The molecular weight excluding hydrogens is 279 g/mol. The number of halogens is 4. The fraction of sp³-hybridized carbons (Fsp3) is 0.0833. The summed E-state index contributed by atoms with van der Waals surface area (Å²) in [4.78, 5) is 3.92. The highest BCUT2D eigenvalue weighted by atomic mass is 35.5. The molecule has 2 rings (SSSR count). The first-order valence-corrected chi connectivity index (χ1v) is 5.59. The monoisotopic (exact) mass is 287 g/mol. The molecule has 0 radical (unpaired) electrons. The van der Waals surface area contributed by atoms with E-state index in [9.17, 15) is 13.2 Å². The lowest BCUT2D eigenvalue weighted by Crippen LogP contribution is -2.05. The van der Waals surface area contributed by atoms with Gasteiger partial charge in [-0.15, -0.1) is 0 Å². The molecule has 100 valence electrons. The van der Waals surface area contributed by atoms with Crippen LogP contribution in [-0.2, 0) is 6.18 Å². The molecule has 0 aliphatic rings. The number of alkyl halides is 3. The van der Waals surface area contributed by atoms with E-state index in [1.165, 1.54) is 24.4 Å². The fourth-order valence-electron chi connectivity index (χ4n) is 1.45. The summed E-state index contributed by atoms with van der Waals surface area (Å²) in [6, 6.07) is 6.22. The highest BCUT2D eigenvalue weighted by Crippen LogP contribution is 2.32. The Balaban J connectivity index is 2.29. The van der Waals surface area contributed by atoms with Crippen LogP contribution in [0.5, 0.6) is 0 Å². The zero-order valence-corrected chi connectivity index (χ0v) is 10.3.